The molecule has 0 radical (unpaired) electrons. The van der Waals surface area contributed by atoms with E-state index in [9.17, 15) is 9.59 Å². The third-order valence-corrected chi connectivity index (χ3v) is 5.19. The molecule has 1 aromatic rings. The molecule has 0 bridgehead atoms. The third kappa shape index (κ3) is 7.60. The number of halogens is 1. The van der Waals surface area contributed by atoms with Gasteiger partial charge in [0.15, 0.2) is 5.96 Å². The summed E-state index contributed by atoms with van der Waals surface area (Å²) < 4.78 is 5.52. The Balaban J connectivity index is 0.00000341. The van der Waals surface area contributed by atoms with Crippen LogP contribution in [-0.4, -0.2) is 84.5 Å². The first-order valence-electron chi connectivity index (χ1n) is 10.7. The number of carbonyl (C=O) groups is 2. The van der Waals surface area contributed by atoms with Gasteiger partial charge in [-0.25, -0.2) is 4.98 Å². The predicted octanol–water partition coefficient (Wildman–Crippen LogP) is 1.63. The van der Waals surface area contributed by atoms with Crippen LogP contribution in [0.5, 0.6) is 0 Å². The Bertz CT molecular complexity index is 761. The van der Waals surface area contributed by atoms with Crippen LogP contribution in [0.25, 0.3) is 0 Å². The lowest BCUT2D eigenvalue weighted by atomic mass is 10.2. The molecule has 10 heteroatoms. The van der Waals surface area contributed by atoms with E-state index < -0.39 is 0 Å². The highest BCUT2D eigenvalue weighted by Crippen LogP contribution is 2.16. The van der Waals surface area contributed by atoms with E-state index in [0.29, 0.717) is 45.1 Å². The summed E-state index contributed by atoms with van der Waals surface area (Å²) in [7, 11) is 0. The number of hydrogen-bond donors (Lipinski definition) is 2. The maximum Gasteiger partial charge on any atom is 0.251 e. The summed E-state index contributed by atoms with van der Waals surface area (Å²) in [5.41, 5.74) is 0.859. The Hall–Kier alpha value is -1.95. The standard InChI is InChI=1S/C21H32N6O3.HI/c1-3-22-21(23-10-9-19(28)25-18-8-4-6-16(2)24-18)27-13-11-26(12-14-27)20(29)17-7-5-15-30-17;/h4,6,8,17H,3,5,7,9-15H2,1-2H3,(H,22,23)(H,24,25,28);1H. The summed E-state index contributed by atoms with van der Waals surface area (Å²) in [5, 5.41) is 6.09. The number of nitrogens with one attached hydrogen (secondary N) is 2. The van der Waals surface area contributed by atoms with Gasteiger partial charge in [-0.15, -0.1) is 24.0 Å². The molecule has 0 saturated carbocycles. The van der Waals surface area contributed by atoms with Crippen LogP contribution in [0.2, 0.25) is 0 Å². The average molecular weight is 544 g/mol. The highest BCUT2D eigenvalue weighted by atomic mass is 127. The molecule has 2 aliphatic heterocycles. The van der Waals surface area contributed by atoms with E-state index in [-0.39, 0.29) is 48.3 Å². The third-order valence-electron chi connectivity index (χ3n) is 5.19. The van der Waals surface area contributed by atoms with Crippen molar-refractivity contribution in [3.05, 3.63) is 23.9 Å². The lowest BCUT2D eigenvalue weighted by molar-refractivity contribution is -0.142. The van der Waals surface area contributed by atoms with Gasteiger partial charge in [0.25, 0.3) is 5.91 Å². The molecule has 3 rings (SSSR count). The number of aliphatic imine (C=N–C) groups is 1. The number of aryl methyl sites for hydroxylation is 1. The van der Waals surface area contributed by atoms with Crippen LogP contribution in [0.15, 0.2) is 23.2 Å². The SMILES string of the molecule is CCNC(=NCCC(=O)Nc1cccc(C)n1)N1CCN(C(=O)C2CCCO2)CC1.I. The number of aromatic nitrogens is 1. The molecule has 1 unspecified atom stereocenters. The van der Waals surface area contributed by atoms with Gasteiger partial charge in [0, 0.05) is 51.4 Å². The predicted molar refractivity (Wildman–Crippen MR) is 131 cm³/mol. The molecule has 0 spiro atoms. The summed E-state index contributed by atoms with van der Waals surface area (Å²) in [6.45, 7) is 8.45. The molecule has 2 fully saturated rings. The molecule has 3 heterocycles. The Morgan fingerprint density at radius 1 is 1.23 bits per heavy atom. The first kappa shape index (κ1) is 25.3. The highest BCUT2D eigenvalue weighted by Gasteiger charge is 2.30. The summed E-state index contributed by atoms with van der Waals surface area (Å²) in [5.74, 6) is 1.33. The van der Waals surface area contributed by atoms with E-state index in [4.69, 9.17) is 4.74 Å². The number of piperazine rings is 1. The van der Waals surface area contributed by atoms with Gasteiger partial charge in [-0.3, -0.25) is 14.6 Å². The number of hydrogen-bond acceptors (Lipinski definition) is 5. The second-order valence-electron chi connectivity index (χ2n) is 7.51. The van der Waals surface area contributed by atoms with Gasteiger partial charge in [0.1, 0.15) is 11.9 Å². The van der Waals surface area contributed by atoms with Gasteiger partial charge in [-0.1, -0.05) is 6.07 Å². The quantitative estimate of drug-likeness (QED) is 0.321. The zero-order valence-electron chi connectivity index (χ0n) is 18.3. The van der Waals surface area contributed by atoms with Crippen LogP contribution in [0, 0.1) is 6.92 Å². The molecule has 2 saturated heterocycles. The van der Waals surface area contributed by atoms with Gasteiger partial charge in [-0.05, 0) is 38.8 Å². The highest BCUT2D eigenvalue weighted by molar-refractivity contribution is 14.0. The van der Waals surface area contributed by atoms with E-state index >= 15 is 0 Å². The minimum Gasteiger partial charge on any atom is -0.368 e. The molecule has 2 amide bonds. The van der Waals surface area contributed by atoms with Crippen LogP contribution in [0.1, 0.15) is 31.9 Å². The van der Waals surface area contributed by atoms with E-state index in [1.165, 1.54) is 0 Å². The molecule has 172 valence electrons. The second kappa shape index (κ2) is 12.8. The van der Waals surface area contributed by atoms with Crippen molar-refractivity contribution in [2.45, 2.75) is 39.2 Å². The van der Waals surface area contributed by atoms with E-state index in [1.54, 1.807) is 6.07 Å². The zero-order valence-corrected chi connectivity index (χ0v) is 20.6. The maximum absolute atomic E-state index is 12.5. The van der Waals surface area contributed by atoms with Crippen molar-refractivity contribution in [2.24, 2.45) is 4.99 Å². The van der Waals surface area contributed by atoms with Gasteiger partial charge >= 0.3 is 0 Å². The van der Waals surface area contributed by atoms with Crippen molar-refractivity contribution in [3.63, 3.8) is 0 Å². The fourth-order valence-electron chi connectivity index (χ4n) is 3.62. The van der Waals surface area contributed by atoms with E-state index in [1.807, 2.05) is 30.9 Å². The van der Waals surface area contributed by atoms with Gasteiger partial charge in [-0.2, -0.15) is 0 Å². The fraction of sp³-hybridized carbons (Fsp3) is 0.619. The van der Waals surface area contributed by atoms with Gasteiger partial charge in [0.05, 0.1) is 6.54 Å². The van der Waals surface area contributed by atoms with E-state index in [0.717, 1.165) is 31.0 Å². The lowest BCUT2D eigenvalue weighted by Gasteiger charge is -2.37. The Kier molecular flexibility index (Phi) is 10.4. The minimum atomic E-state index is -0.264. The normalized spacial score (nSPS) is 19.0. The summed E-state index contributed by atoms with van der Waals surface area (Å²) in [4.78, 5) is 37.6. The number of nitrogens with zero attached hydrogens (tertiary/aromatic N) is 4. The topological polar surface area (TPSA) is 99.2 Å². The van der Waals surface area contributed by atoms with Crippen molar-refractivity contribution >= 4 is 47.6 Å². The first-order chi connectivity index (χ1) is 14.6. The fourth-order valence-corrected chi connectivity index (χ4v) is 3.62. The summed E-state index contributed by atoms with van der Waals surface area (Å²) in [6, 6.07) is 5.52. The van der Waals surface area contributed by atoms with Crippen molar-refractivity contribution < 1.29 is 14.3 Å². The number of rotatable bonds is 6. The number of anilines is 1. The summed E-state index contributed by atoms with van der Waals surface area (Å²) >= 11 is 0. The van der Waals surface area contributed by atoms with E-state index in [2.05, 4.69) is 25.5 Å². The zero-order chi connectivity index (χ0) is 21.3. The van der Waals surface area contributed by atoms with Crippen LogP contribution < -0.4 is 10.6 Å². The number of pyridine rings is 1. The monoisotopic (exact) mass is 544 g/mol. The number of amides is 2. The number of ether oxygens (including phenoxy) is 1. The molecule has 1 atom stereocenters. The molecule has 2 N–H and O–H groups in total. The first-order valence-corrected chi connectivity index (χ1v) is 10.7. The summed E-state index contributed by atoms with van der Waals surface area (Å²) in [6.07, 6.45) is 1.80. The molecule has 1 aromatic heterocycles. The second-order valence-corrected chi connectivity index (χ2v) is 7.51. The van der Waals surface area contributed by atoms with Crippen LogP contribution in [0.3, 0.4) is 0 Å². The maximum atomic E-state index is 12.5. The lowest BCUT2D eigenvalue weighted by Crippen LogP contribution is -2.55. The molecule has 0 aliphatic carbocycles. The van der Waals surface area contributed by atoms with Crippen LogP contribution in [0.4, 0.5) is 5.82 Å². The van der Waals surface area contributed by atoms with Crippen molar-refractivity contribution in [2.75, 3.05) is 51.2 Å². The largest absolute Gasteiger partial charge is 0.368 e. The molecule has 0 aromatic carbocycles. The molecular weight excluding hydrogens is 511 g/mol. The molecule has 2 aliphatic rings. The number of guanidine groups is 1. The smallest absolute Gasteiger partial charge is 0.251 e. The minimum absolute atomic E-state index is 0. The Morgan fingerprint density at radius 2 is 1.97 bits per heavy atom. The Labute approximate surface area is 201 Å². The van der Waals surface area contributed by atoms with Crippen LogP contribution >= 0.6 is 24.0 Å². The van der Waals surface area contributed by atoms with Gasteiger partial charge in [0.2, 0.25) is 5.91 Å². The van der Waals surface area contributed by atoms with Crippen molar-refractivity contribution in [1.82, 2.24) is 20.1 Å². The van der Waals surface area contributed by atoms with Crippen molar-refractivity contribution in [3.8, 4) is 0 Å². The molecule has 9 nitrogen and oxygen atoms in total. The molecular formula is C21H33IN6O3. The van der Waals surface area contributed by atoms with Crippen LogP contribution in [-0.2, 0) is 14.3 Å². The Morgan fingerprint density at radius 3 is 2.61 bits per heavy atom. The number of carbonyl (C=O) groups excluding carboxylic acids is 2. The average Bonchev–Trinajstić information content (AvgIpc) is 3.28. The molecule has 31 heavy (non-hydrogen) atoms. The van der Waals surface area contributed by atoms with Gasteiger partial charge < -0.3 is 25.2 Å². The van der Waals surface area contributed by atoms with Crippen molar-refractivity contribution in [1.29, 1.82) is 0 Å².